The summed E-state index contributed by atoms with van der Waals surface area (Å²) in [6.45, 7) is 0.963. The van der Waals surface area contributed by atoms with E-state index in [1.165, 1.54) is 11.4 Å². The molecule has 6 heteroatoms. The fourth-order valence-corrected chi connectivity index (χ4v) is 5.91. The minimum Gasteiger partial charge on any atom is -0.301 e. The molecule has 0 aromatic carbocycles. The molecule has 0 N–H and O–H groups in total. The summed E-state index contributed by atoms with van der Waals surface area (Å²) in [6, 6.07) is 2.22. The maximum Gasteiger partial charge on any atom is 0.390 e. The van der Waals surface area contributed by atoms with E-state index in [9.17, 15) is 9.83 Å². The van der Waals surface area contributed by atoms with Gasteiger partial charge < -0.3 is 4.52 Å². The molecule has 104 valence electrons. The molecule has 1 aliphatic carbocycles. The summed E-state index contributed by atoms with van der Waals surface area (Å²) in [5.41, 5.74) is -0.899. The predicted octanol–water partition coefficient (Wildman–Crippen LogP) is 4.52. The summed E-state index contributed by atoms with van der Waals surface area (Å²) in [6.07, 6.45) is 5.26. The molecule has 0 spiro atoms. The Labute approximate surface area is 114 Å². The largest absolute Gasteiger partial charge is 0.390 e. The SMILES string of the molecule is CCCSP(=O)(OCC)OC1(C#N)CCCCC1. The minimum absolute atomic E-state index is 0.343. The highest BCUT2D eigenvalue weighted by atomic mass is 32.7. The van der Waals surface area contributed by atoms with Crippen LogP contribution in [0.5, 0.6) is 0 Å². The fourth-order valence-electron chi connectivity index (χ4n) is 2.01. The first-order valence-electron chi connectivity index (χ1n) is 6.61. The van der Waals surface area contributed by atoms with Crippen molar-refractivity contribution in [3.05, 3.63) is 0 Å². The summed E-state index contributed by atoms with van der Waals surface area (Å²) in [4.78, 5) is 0. The number of hydrogen-bond acceptors (Lipinski definition) is 5. The molecule has 18 heavy (non-hydrogen) atoms. The van der Waals surface area contributed by atoms with Crippen molar-refractivity contribution >= 4 is 18.2 Å². The summed E-state index contributed by atoms with van der Waals surface area (Å²) in [5, 5.41) is 9.34. The number of rotatable bonds is 7. The van der Waals surface area contributed by atoms with Gasteiger partial charge in [0.25, 0.3) is 0 Å². The molecule has 1 unspecified atom stereocenters. The van der Waals surface area contributed by atoms with Gasteiger partial charge in [0.15, 0.2) is 5.60 Å². The zero-order chi connectivity index (χ0) is 13.5. The van der Waals surface area contributed by atoms with Crippen LogP contribution in [-0.2, 0) is 13.6 Å². The van der Waals surface area contributed by atoms with Crippen LogP contribution in [0.3, 0.4) is 0 Å². The highest BCUT2D eigenvalue weighted by molar-refractivity contribution is 8.55. The zero-order valence-electron chi connectivity index (χ0n) is 11.2. The molecule has 1 fully saturated rings. The van der Waals surface area contributed by atoms with Crippen LogP contribution in [0.1, 0.15) is 52.4 Å². The van der Waals surface area contributed by atoms with E-state index in [0.29, 0.717) is 19.4 Å². The van der Waals surface area contributed by atoms with Gasteiger partial charge in [0.1, 0.15) is 0 Å². The lowest BCUT2D eigenvalue weighted by atomic mass is 9.86. The van der Waals surface area contributed by atoms with Crippen LogP contribution in [0.2, 0.25) is 0 Å². The first kappa shape index (κ1) is 16.0. The lowest BCUT2D eigenvalue weighted by Crippen LogP contribution is -2.32. The average molecular weight is 291 g/mol. The first-order chi connectivity index (χ1) is 8.60. The summed E-state index contributed by atoms with van der Waals surface area (Å²) >= 11 is 1.22. The van der Waals surface area contributed by atoms with Gasteiger partial charge in [0, 0.05) is 5.75 Å². The van der Waals surface area contributed by atoms with E-state index in [2.05, 4.69) is 6.07 Å². The number of hydrogen-bond donors (Lipinski definition) is 0. The van der Waals surface area contributed by atoms with Gasteiger partial charge in [0.2, 0.25) is 0 Å². The molecule has 0 radical (unpaired) electrons. The Morgan fingerprint density at radius 2 is 2.00 bits per heavy atom. The lowest BCUT2D eigenvalue weighted by molar-refractivity contribution is 0.0691. The Morgan fingerprint density at radius 1 is 1.33 bits per heavy atom. The summed E-state index contributed by atoms with van der Waals surface area (Å²) < 4.78 is 23.6. The molecule has 1 aliphatic rings. The Bertz CT molecular complexity index is 337. The van der Waals surface area contributed by atoms with Crippen molar-refractivity contribution in [1.82, 2.24) is 0 Å². The van der Waals surface area contributed by atoms with Crippen molar-refractivity contribution in [2.75, 3.05) is 12.4 Å². The fraction of sp³-hybridized carbons (Fsp3) is 0.917. The third kappa shape index (κ3) is 4.59. The molecule has 0 amide bonds. The van der Waals surface area contributed by atoms with Gasteiger partial charge in [-0.25, -0.2) is 4.57 Å². The molecule has 4 nitrogen and oxygen atoms in total. The second-order valence-corrected chi connectivity index (χ2v) is 8.57. The molecule has 0 aromatic heterocycles. The van der Waals surface area contributed by atoms with E-state index in [4.69, 9.17) is 9.05 Å². The molecule has 1 atom stereocenters. The van der Waals surface area contributed by atoms with Crippen molar-refractivity contribution in [1.29, 1.82) is 5.26 Å². The highest BCUT2D eigenvalue weighted by Gasteiger charge is 2.41. The van der Waals surface area contributed by atoms with Crippen molar-refractivity contribution in [2.45, 2.75) is 58.0 Å². The van der Waals surface area contributed by atoms with E-state index in [0.717, 1.165) is 31.4 Å². The van der Waals surface area contributed by atoms with Gasteiger partial charge >= 0.3 is 6.80 Å². The normalized spacial score (nSPS) is 22.1. The van der Waals surface area contributed by atoms with Gasteiger partial charge in [-0.05, 0) is 50.4 Å². The zero-order valence-corrected chi connectivity index (χ0v) is 12.9. The van der Waals surface area contributed by atoms with Crippen LogP contribution in [0.4, 0.5) is 0 Å². The molecular formula is C12H22NO3PS. The topological polar surface area (TPSA) is 59.3 Å². The van der Waals surface area contributed by atoms with Crippen LogP contribution in [-0.4, -0.2) is 18.0 Å². The van der Waals surface area contributed by atoms with E-state index in [-0.39, 0.29) is 0 Å². The van der Waals surface area contributed by atoms with Crippen molar-refractivity contribution < 1.29 is 13.6 Å². The smallest absolute Gasteiger partial charge is 0.301 e. The molecule has 0 bridgehead atoms. The number of nitriles is 1. The molecule has 0 aromatic rings. The van der Waals surface area contributed by atoms with Gasteiger partial charge in [-0.15, -0.1) is 0 Å². The van der Waals surface area contributed by atoms with Gasteiger partial charge in [-0.1, -0.05) is 13.3 Å². The van der Waals surface area contributed by atoms with E-state index >= 15 is 0 Å². The third-order valence-electron chi connectivity index (χ3n) is 2.89. The molecule has 0 saturated heterocycles. The second-order valence-electron chi connectivity index (χ2n) is 4.46. The van der Waals surface area contributed by atoms with Crippen molar-refractivity contribution in [3.63, 3.8) is 0 Å². The third-order valence-corrected chi connectivity index (χ3v) is 6.98. The predicted molar refractivity (Wildman–Crippen MR) is 74.5 cm³/mol. The monoisotopic (exact) mass is 291 g/mol. The summed E-state index contributed by atoms with van der Waals surface area (Å²) in [7, 11) is 0. The second kappa shape index (κ2) is 7.55. The standard InChI is InChI=1S/C12H22NO3PS/c1-3-10-18-17(14,15-4-2)16-12(11-13)8-6-5-7-9-12/h3-10H2,1-2H3. The lowest BCUT2D eigenvalue weighted by Gasteiger charge is -2.33. The van der Waals surface area contributed by atoms with Gasteiger partial charge in [0.05, 0.1) is 12.7 Å². The molecule has 0 heterocycles. The highest BCUT2D eigenvalue weighted by Crippen LogP contribution is 2.64. The maximum absolute atomic E-state index is 12.6. The first-order valence-corrected chi connectivity index (χ1v) is 9.74. The van der Waals surface area contributed by atoms with E-state index < -0.39 is 12.4 Å². The molecule has 1 saturated carbocycles. The van der Waals surface area contributed by atoms with Crippen LogP contribution in [0, 0.1) is 11.3 Å². The van der Waals surface area contributed by atoms with Gasteiger partial charge in [-0.3, -0.25) is 4.52 Å². The molecule has 1 rings (SSSR count). The molecular weight excluding hydrogens is 269 g/mol. The van der Waals surface area contributed by atoms with Crippen LogP contribution in [0.25, 0.3) is 0 Å². The van der Waals surface area contributed by atoms with E-state index in [1.54, 1.807) is 6.92 Å². The summed E-state index contributed by atoms with van der Waals surface area (Å²) in [5.74, 6) is 0.721. The number of nitrogens with zero attached hydrogens (tertiary/aromatic N) is 1. The van der Waals surface area contributed by atoms with Crippen molar-refractivity contribution in [2.24, 2.45) is 0 Å². The van der Waals surface area contributed by atoms with Crippen LogP contribution >= 0.6 is 18.2 Å². The van der Waals surface area contributed by atoms with E-state index in [1.807, 2.05) is 6.92 Å². The van der Waals surface area contributed by atoms with Crippen LogP contribution < -0.4 is 0 Å². The Hall–Kier alpha value is -0.01000. The Morgan fingerprint density at radius 3 is 2.50 bits per heavy atom. The minimum atomic E-state index is -3.19. The van der Waals surface area contributed by atoms with Crippen LogP contribution in [0.15, 0.2) is 0 Å². The van der Waals surface area contributed by atoms with Gasteiger partial charge in [-0.2, -0.15) is 5.26 Å². The maximum atomic E-state index is 12.6. The quantitative estimate of drug-likeness (QED) is 0.645. The van der Waals surface area contributed by atoms with Crippen molar-refractivity contribution in [3.8, 4) is 6.07 Å². The average Bonchev–Trinajstić information content (AvgIpc) is 2.38. The Kier molecular flexibility index (Phi) is 6.73. The molecule has 0 aliphatic heterocycles. The Balaban J connectivity index is 2.74.